The first-order chi connectivity index (χ1) is 14.5. The van der Waals surface area contributed by atoms with Crippen LogP contribution in [0.1, 0.15) is 24.8 Å². The predicted molar refractivity (Wildman–Crippen MR) is 111 cm³/mol. The number of hydrogen-bond donors (Lipinski definition) is 2. The lowest BCUT2D eigenvalue weighted by Crippen LogP contribution is -2.56. The molecule has 2 aromatic rings. The van der Waals surface area contributed by atoms with Gasteiger partial charge in [-0.25, -0.2) is 9.78 Å². The molecule has 4 rings (SSSR count). The van der Waals surface area contributed by atoms with Crippen molar-refractivity contribution < 1.29 is 14.7 Å². The number of nitrogens with two attached hydrogens (primary N) is 1. The van der Waals surface area contributed by atoms with Crippen LogP contribution >= 0.6 is 0 Å². The van der Waals surface area contributed by atoms with Crippen LogP contribution < -0.4 is 10.6 Å². The maximum absolute atomic E-state index is 13.4. The molecule has 3 amide bonds. The summed E-state index contributed by atoms with van der Waals surface area (Å²) in [6.45, 7) is 1.62. The second-order valence-corrected chi connectivity index (χ2v) is 7.69. The second kappa shape index (κ2) is 8.27. The fourth-order valence-electron chi connectivity index (χ4n) is 4.27. The number of aromatic nitrogens is 2. The Morgan fingerprint density at radius 1 is 1.10 bits per heavy atom. The molecule has 0 unspecified atom stereocenters. The van der Waals surface area contributed by atoms with Crippen LogP contribution in [0, 0.1) is 0 Å². The van der Waals surface area contributed by atoms with Crippen LogP contribution in [0.5, 0.6) is 0 Å². The number of piperidine rings is 1. The summed E-state index contributed by atoms with van der Waals surface area (Å²) in [6, 6.07) is 11.0. The summed E-state index contributed by atoms with van der Waals surface area (Å²) in [6.07, 6.45) is 2.96. The van der Waals surface area contributed by atoms with Gasteiger partial charge in [-0.3, -0.25) is 9.69 Å². The molecule has 2 aliphatic rings. The first-order valence-corrected chi connectivity index (χ1v) is 10.2. The molecule has 1 spiro atoms. The molecule has 0 atom stereocenters. The lowest BCUT2D eigenvalue weighted by atomic mass is 9.85. The average molecular weight is 410 g/mol. The number of aliphatic hydroxyl groups is 1. The first kappa shape index (κ1) is 20.1. The van der Waals surface area contributed by atoms with Gasteiger partial charge in [-0.2, -0.15) is 4.98 Å². The number of hydrogen-bond acceptors (Lipinski definition) is 7. The Balaban J connectivity index is 1.59. The van der Waals surface area contributed by atoms with Crippen LogP contribution in [0.15, 0.2) is 42.6 Å². The van der Waals surface area contributed by atoms with Gasteiger partial charge >= 0.3 is 6.03 Å². The molecule has 30 heavy (non-hydrogen) atoms. The van der Waals surface area contributed by atoms with Crippen LogP contribution in [-0.4, -0.2) is 68.6 Å². The largest absolute Gasteiger partial charge is 0.396 e. The Morgan fingerprint density at radius 2 is 1.83 bits per heavy atom. The van der Waals surface area contributed by atoms with Crippen LogP contribution in [0.2, 0.25) is 0 Å². The Labute approximate surface area is 175 Å². The number of benzene rings is 1. The Bertz CT molecular complexity index is 914. The Morgan fingerprint density at radius 3 is 2.50 bits per heavy atom. The topological polar surface area (TPSA) is 116 Å². The van der Waals surface area contributed by atoms with Crippen molar-refractivity contribution in [1.29, 1.82) is 0 Å². The molecular weight excluding hydrogens is 384 g/mol. The minimum absolute atomic E-state index is 0.0662. The molecule has 2 aliphatic heterocycles. The summed E-state index contributed by atoms with van der Waals surface area (Å²) in [4.78, 5) is 40.2. The molecule has 158 valence electrons. The number of imide groups is 1. The van der Waals surface area contributed by atoms with E-state index in [2.05, 4.69) is 9.97 Å². The van der Waals surface area contributed by atoms with Gasteiger partial charge in [0.1, 0.15) is 11.4 Å². The van der Waals surface area contributed by atoms with E-state index < -0.39 is 5.54 Å². The van der Waals surface area contributed by atoms with Crippen LogP contribution in [0.3, 0.4) is 0 Å². The highest BCUT2D eigenvalue weighted by atomic mass is 16.3. The molecular formula is C21H26N6O3. The third kappa shape index (κ3) is 3.56. The Kier molecular flexibility index (Phi) is 5.54. The molecule has 0 saturated carbocycles. The van der Waals surface area contributed by atoms with Gasteiger partial charge in [0.25, 0.3) is 5.91 Å². The molecule has 0 aliphatic carbocycles. The number of urea groups is 1. The summed E-state index contributed by atoms with van der Waals surface area (Å²) in [5.41, 5.74) is 5.87. The summed E-state index contributed by atoms with van der Waals surface area (Å²) < 4.78 is 0. The van der Waals surface area contributed by atoms with Gasteiger partial charge in [0, 0.05) is 39.0 Å². The number of nitrogen functional groups attached to an aromatic ring is 1. The zero-order valence-corrected chi connectivity index (χ0v) is 16.8. The molecule has 0 bridgehead atoms. The standard InChI is InChI=1S/C21H26N6O3/c22-17-7-10-23-19(24-17)25-12-8-21(9-13-25)18(29)26(11-4-14-28)20(30)27(21)15-16-5-2-1-3-6-16/h1-3,5-7,10,28H,4,8-9,11-15H2,(H2,22,23,24). The van der Waals surface area contributed by atoms with Crippen LogP contribution in [0.25, 0.3) is 0 Å². The van der Waals surface area contributed by atoms with Crippen molar-refractivity contribution in [3.8, 4) is 0 Å². The number of carbonyl (C=O) groups excluding carboxylic acids is 2. The van der Waals surface area contributed by atoms with Gasteiger partial charge in [0.05, 0.1) is 0 Å². The lowest BCUT2D eigenvalue weighted by molar-refractivity contribution is -0.134. The zero-order chi connectivity index (χ0) is 21.1. The summed E-state index contributed by atoms with van der Waals surface area (Å²) in [7, 11) is 0. The van der Waals surface area contributed by atoms with E-state index in [1.165, 1.54) is 4.90 Å². The van der Waals surface area contributed by atoms with Crippen molar-refractivity contribution in [2.75, 3.05) is 36.9 Å². The third-order valence-corrected chi connectivity index (χ3v) is 5.88. The fraction of sp³-hybridized carbons (Fsp3) is 0.429. The van der Waals surface area contributed by atoms with Gasteiger partial charge in [0.15, 0.2) is 0 Å². The molecule has 1 aromatic carbocycles. The van der Waals surface area contributed by atoms with Gasteiger partial charge in [-0.1, -0.05) is 30.3 Å². The highest BCUT2D eigenvalue weighted by Crippen LogP contribution is 2.39. The van der Waals surface area contributed by atoms with Crippen molar-refractivity contribution >= 4 is 23.7 Å². The molecule has 3 heterocycles. The van der Waals surface area contributed by atoms with E-state index in [4.69, 9.17) is 5.73 Å². The fourth-order valence-corrected chi connectivity index (χ4v) is 4.27. The normalized spacial score (nSPS) is 18.5. The maximum Gasteiger partial charge on any atom is 0.327 e. The summed E-state index contributed by atoms with van der Waals surface area (Å²) >= 11 is 0. The van der Waals surface area contributed by atoms with E-state index in [9.17, 15) is 14.7 Å². The highest BCUT2D eigenvalue weighted by Gasteiger charge is 2.57. The maximum atomic E-state index is 13.4. The van der Waals surface area contributed by atoms with E-state index in [1.54, 1.807) is 17.2 Å². The van der Waals surface area contributed by atoms with E-state index >= 15 is 0 Å². The SMILES string of the molecule is Nc1ccnc(N2CCC3(CC2)C(=O)N(CCCO)C(=O)N3Cc2ccccc2)n1. The molecule has 2 fully saturated rings. The van der Waals surface area contributed by atoms with Crippen molar-refractivity contribution in [2.24, 2.45) is 0 Å². The highest BCUT2D eigenvalue weighted by molar-refractivity contribution is 6.07. The van der Waals surface area contributed by atoms with E-state index in [1.807, 2.05) is 35.2 Å². The predicted octanol–water partition coefficient (Wildman–Crippen LogP) is 1.24. The number of rotatable bonds is 6. The number of nitrogens with zero attached hydrogens (tertiary/aromatic N) is 5. The second-order valence-electron chi connectivity index (χ2n) is 7.69. The molecule has 3 N–H and O–H groups in total. The zero-order valence-electron chi connectivity index (χ0n) is 16.8. The van der Waals surface area contributed by atoms with E-state index in [0.717, 1.165) is 5.56 Å². The smallest absolute Gasteiger partial charge is 0.327 e. The third-order valence-electron chi connectivity index (χ3n) is 5.88. The van der Waals surface area contributed by atoms with Gasteiger partial charge in [0.2, 0.25) is 5.95 Å². The van der Waals surface area contributed by atoms with Crippen LogP contribution in [0.4, 0.5) is 16.6 Å². The molecule has 0 radical (unpaired) electrons. The first-order valence-electron chi connectivity index (χ1n) is 10.2. The summed E-state index contributed by atoms with van der Waals surface area (Å²) in [5, 5.41) is 9.19. The van der Waals surface area contributed by atoms with Gasteiger partial charge in [-0.15, -0.1) is 0 Å². The van der Waals surface area contributed by atoms with E-state index in [0.29, 0.717) is 50.7 Å². The molecule has 9 heteroatoms. The van der Waals surface area contributed by atoms with Gasteiger partial charge in [-0.05, 0) is 30.9 Å². The number of anilines is 2. The quantitative estimate of drug-likeness (QED) is 0.689. The molecule has 1 aromatic heterocycles. The van der Waals surface area contributed by atoms with Crippen molar-refractivity contribution in [3.05, 3.63) is 48.2 Å². The minimum Gasteiger partial charge on any atom is -0.396 e. The Hall–Kier alpha value is -3.20. The number of carbonyl (C=O) groups is 2. The number of aliphatic hydroxyl groups excluding tert-OH is 1. The molecule has 2 saturated heterocycles. The van der Waals surface area contributed by atoms with E-state index in [-0.39, 0.29) is 25.1 Å². The minimum atomic E-state index is -0.890. The van der Waals surface area contributed by atoms with Crippen LogP contribution in [-0.2, 0) is 11.3 Å². The summed E-state index contributed by atoms with van der Waals surface area (Å²) in [5.74, 6) is 0.756. The lowest BCUT2D eigenvalue weighted by Gasteiger charge is -2.42. The average Bonchev–Trinajstić information content (AvgIpc) is 2.95. The van der Waals surface area contributed by atoms with Gasteiger partial charge < -0.3 is 20.6 Å². The van der Waals surface area contributed by atoms with Crippen molar-refractivity contribution in [2.45, 2.75) is 31.3 Å². The van der Waals surface area contributed by atoms with Crippen molar-refractivity contribution in [1.82, 2.24) is 19.8 Å². The van der Waals surface area contributed by atoms with Crippen molar-refractivity contribution in [3.63, 3.8) is 0 Å². The number of amides is 3. The molecule has 9 nitrogen and oxygen atoms in total. The monoisotopic (exact) mass is 410 g/mol.